The summed E-state index contributed by atoms with van der Waals surface area (Å²) in [7, 11) is -3.49. The molecule has 6 nitrogen and oxygen atoms in total. The molecule has 1 aromatic rings. The first-order valence-corrected chi connectivity index (χ1v) is 9.52. The molecule has 0 aliphatic heterocycles. The monoisotopic (exact) mass is 338 g/mol. The number of aryl methyl sites for hydroxylation is 2. The van der Waals surface area contributed by atoms with E-state index in [1.807, 2.05) is 26.0 Å². The average molecular weight is 338 g/mol. The van der Waals surface area contributed by atoms with Gasteiger partial charge < -0.3 is 10.6 Å². The molecule has 0 aromatic heterocycles. The third-order valence-corrected chi connectivity index (χ3v) is 5.17. The van der Waals surface area contributed by atoms with Gasteiger partial charge in [0.1, 0.15) is 0 Å². The Kier molecular flexibility index (Phi) is 6.01. The van der Waals surface area contributed by atoms with Crippen LogP contribution in [0.25, 0.3) is 0 Å². The second-order valence-electron chi connectivity index (χ2n) is 5.85. The molecule has 0 heterocycles. The van der Waals surface area contributed by atoms with E-state index in [-0.39, 0.29) is 6.54 Å². The molecular formula is C16H26N4O2S. The van der Waals surface area contributed by atoms with Crippen LogP contribution >= 0.6 is 0 Å². The van der Waals surface area contributed by atoms with Crippen LogP contribution in [0.3, 0.4) is 0 Å². The first kappa shape index (κ1) is 17.7. The molecule has 0 spiro atoms. The lowest BCUT2D eigenvalue weighted by Crippen LogP contribution is -2.39. The van der Waals surface area contributed by atoms with Gasteiger partial charge in [-0.2, -0.15) is 0 Å². The fourth-order valence-electron chi connectivity index (χ4n) is 2.16. The van der Waals surface area contributed by atoms with Crippen LogP contribution < -0.4 is 15.4 Å². The van der Waals surface area contributed by atoms with Crippen molar-refractivity contribution in [3.8, 4) is 0 Å². The van der Waals surface area contributed by atoms with E-state index >= 15 is 0 Å². The zero-order valence-corrected chi connectivity index (χ0v) is 14.8. The number of rotatable bonds is 7. The van der Waals surface area contributed by atoms with Crippen LogP contribution in [-0.4, -0.2) is 40.1 Å². The number of nitrogens with one attached hydrogen (secondary N) is 3. The van der Waals surface area contributed by atoms with Crippen molar-refractivity contribution >= 4 is 16.0 Å². The van der Waals surface area contributed by atoms with Gasteiger partial charge in [0.2, 0.25) is 10.0 Å². The summed E-state index contributed by atoms with van der Waals surface area (Å²) in [6.45, 7) is 7.15. The van der Waals surface area contributed by atoms with Gasteiger partial charge in [0.15, 0.2) is 5.96 Å². The quantitative estimate of drug-likeness (QED) is 0.398. The Morgan fingerprint density at radius 1 is 1.30 bits per heavy atom. The van der Waals surface area contributed by atoms with Gasteiger partial charge in [-0.05, 0) is 50.8 Å². The largest absolute Gasteiger partial charge is 0.357 e. The third kappa shape index (κ3) is 5.51. The summed E-state index contributed by atoms with van der Waals surface area (Å²) in [5.74, 6) is 0.751. The summed E-state index contributed by atoms with van der Waals surface area (Å²) < 4.78 is 27.4. The fourth-order valence-corrected chi connectivity index (χ4v) is 3.51. The highest BCUT2D eigenvalue weighted by molar-refractivity contribution is 7.89. The number of sulfonamides is 1. The molecule has 7 heteroatoms. The van der Waals surface area contributed by atoms with Crippen molar-refractivity contribution in [2.24, 2.45) is 4.99 Å². The highest BCUT2D eigenvalue weighted by atomic mass is 32.2. The van der Waals surface area contributed by atoms with E-state index in [1.165, 1.54) is 12.8 Å². The minimum Gasteiger partial charge on any atom is -0.357 e. The molecular weight excluding hydrogens is 312 g/mol. The summed E-state index contributed by atoms with van der Waals surface area (Å²) in [4.78, 5) is 4.74. The van der Waals surface area contributed by atoms with E-state index in [0.29, 0.717) is 17.5 Å². The van der Waals surface area contributed by atoms with Crippen molar-refractivity contribution in [2.45, 2.75) is 44.6 Å². The zero-order chi connectivity index (χ0) is 16.9. The highest BCUT2D eigenvalue weighted by Crippen LogP contribution is 2.18. The maximum Gasteiger partial charge on any atom is 0.240 e. The molecule has 0 unspecified atom stereocenters. The van der Waals surface area contributed by atoms with Gasteiger partial charge in [0, 0.05) is 19.1 Å². The summed E-state index contributed by atoms with van der Waals surface area (Å²) in [6.07, 6.45) is 2.34. The molecule has 1 aliphatic rings. The van der Waals surface area contributed by atoms with Crippen molar-refractivity contribution < 1.29 is 8.42 Å². The highest BCUT2D eigenvalue weighted by Gasteiger charge is 2.22. The van der Waals surface area contributed by atoms with E-state index in [0.717, 1.165) is 23.6 Å². The maximum absolute atomic E-state index is 12.4. The second-order valence-corrected chi connectivity index (χ2v) is 7.58. The van der Waals surface area contributed by atoms with E-state index in [2.05, 4.69) is 20.3 Å². The molecule has 1 aliphatic carbocycles. The van der Waals surface area contributed by atoms with Crippen LogP contribution in [0, 0.1) is 13.8 Å². The van der Waals surface area contributed by atoms with Crippen molar-refractivity contribution in [3.63, 3.8) is 0 Å². The molecule has 1 aromatic carbocycles. The predicted molar refractivity (Wildman–Crippen MR) is 93.2 cm³/mol. The Bertz CT molecular complexity index is 667. The van der Waals surface area contributed by atoms with Gasteiger partial charge in [0.25, 0.3) is 0 Å². The Hall–Kier alpha value is -1.60. The number of guanidine groups is 1. The first-order chi connectivity index (χ1) is 10.9. The lowest BCUT2D eigenvalue weighted by atomic mass is 10.2. The van der Waals surface area contributed by atoms with Crippen molar-refractivity contribution in [1.29, 1.82) is 0 Å². The number of hydrogen-bond acceptors (Lipinski definition) is 3. The molecule has 128 valence electrons. The SMILES string of the molecule is CCNC(=NCCNS(=O)(=O)c1cc(C)ccc1C)NC1CC1. The van der Waals surface area contributed by atoms with Crippen molar-refractivity contribution in [2.75, 3.05) is 19.6 Å². The minimum atomic E-state index is -3.49. The van der Waals surface area contributed by atoms with Gasteiger partial charge in [-0.3, -0.25) is 4.99 Å². The fraction of sp³-hybridized carbons (Fsp3) is 0.562. The molecule has 0 bridgehead atoms. The molecule has 1 saturated carbocycles. The lowest BCUT2D eigenvalue weighted by Gasteiger charge is -2.11. The number of benzene rings is 1. The minimum absolute atomic E-state index is 0.275. The molecule has 2 rings (SSSR count). The Balaban J connectivity index is 1.92. The molecule has 0 saturated heterocycles. The maximum atomic E-state index is 12.4. The van der Waals surface area contributed by atoms with Gasteiger partial charge in [-0.15, -0.1) is 0 Å². The van der Waals surface area contributed by atoms with Gasteiger partial charge in [0.05, 0.1) is 11.4 Å². The van der Waals surface area contributed by atoms with Gasteiger partial charge in [-0.1, -0.05) is 12.1 Å². The first-order valence-electron chi connectivity index (χ1n) is 8.04. The second kappa shape index (κ2) is 7.79. The third-order valence-electron chi connectivity index (χ3n) is 3.57. The van der Waals surface area contributed by atoms with Crippen LogP contribution in [0.15, 0.2) is 28.1 Å². The topological polar surface area (TPSA) is 82.6 Å². The Morgan fingerprint density at radius 3 is 2.70 bits per heavy atom. The zero-order valence-electron chi connectivity index (χ0n) is 14.0. The van der Waals surface area contributed by atoms with Gasteiger partial charge >= 0.3 is 0 Å². The van der Waals surface area contributed by atoms with Crippen molar-refractivity contribution in [3.05, 3.63) is 29.3 Å². The predicted octanol–water partition coefficient (Wildman–Crippen LogP) is 1.30. The van der Waals surface area contributed by atoms with Crippen LogP contribution in [0.5, 0.6) is 0 Å². The Morgan fingerprint density at radius 2 is 2.04 bits per heavy atom. The molecule has 1 fully saturated rings. The Labute approximate surface area is 138 Å². The molecule has 0 radical (unpaired) electrons. The molecule has 0 atom stereocenters. The van der Waals surface area contributed by atoms with Crippen LogP contribution in [0.1, 0.15) is 30.9 Å². The van der Waals surface area contributed by atoms with Crippen LogP contribution in [0.4, 0.5) is 0 Å². The summed E-state index contributed by atoms with van der Waals surface area (Å²) >= 11 is 0. The number of hydrogen-bond donors (Lipinski definition) is 3. The molecule has 0 amide bonds. The van der Waals surface area contributed by atoms with E-state index < -0.39 is 10.0 Å². The summed E-state index contributed by atoms with van der Waals surface area (Å²) in [6, 6.07) is 5.94. The smallest absolute Gasteiger partial charge is 0.240 e. The normalized spacial score (nSPS) is 15.5. The van der Waals surface area contributed by atoms with E-state index in [4.69, 9.17) is 0 Å². The average Bonchev–Trinajstić information content (AvgIpc) is 3.30. The molecule has 3 N–H and O–H groups in total. The standard InChI is InChI=1S/C16H26N4O2S/c1-4-17-16(20-14-7-8-14)18-9-10-19-23(21,22)15-11-12(2)5-6-13(15)3/h5-6,11,14,19H,4,7-10H2,1-3H3,(H2,17,18,20). The number of aliphatic imine (C=N–C) groups is 1. The summed E-state index contributed by atoms with van der Waals surface area (Å²) in [5.41, 5.74) is 1.67. The van der Waals surface area contributed by atoms with E-state index in [9.17, 15) is 8.42 Å². The lowest BCUT2D eigenvalue weighted by molar-refractivity contribution is 0.581. The molecule has 23 heavy (non-hydrogen) atoms. The summed E-state index contributed by atoms with van der Waals surface area (Å²) in [5, 5.41) is 6.46. The van der Waals surface area contributed by atoms with Crippen molar-refractivity contribution in [1.82, 2.24) is 15.4 Å². The van der Waals surface area contributed by atoms with E-state index in [1.54, 1.807) is 13.0 Å². The van der Waals surface area contributed by atoms with Gasteiger partial charge in [-0.25, -0.2) is 13.1 Å². The number of nitrogens with zero attached hydrogens (tertiary/aromatic N) is 1. The van der Waals surface area contributed by atoms with Crippen LogP contribution in [0.2, 0.25) is 0 Å². The van der Waals surface area contributed by atoms with Crippen LogP contribution in [-0.2, 0) is 10.0 Å².